The summed E-state index contributed by atoms with van der Waals surface area (Å²) in [5, 5.41) is 15.3. The Kier molecular flexibility index (Phi) is 5.84. The smallest absolute Gasteiger partial charge is 0.229 e. The average Bonchev–Trinajstić information content (AvgIpc) is 2.71. The monoisotopic (exact) mass is 441 g/mol. The van der Waals surface area contributed by atoms with Gasteiger partial charge in [0.2, 0.25) is 17.7 Å². The lowest BCUT2D eigenvalue weighted by atomic mass is 9.81. The van der Waals surface area contributed by atoms with E-state index in [0.717, 1.165) is 16.8 Å². The van der Waals surface area contributed by atoms with Gasteiger partial charge in [-0.2, -0.15) is 0 Å². The molecule has 2 aromatic carbocycles. The molecule has 0 saturated carbocycles. The molecule has 2 heterocycles. The van der Waals surface area contributed by atoms with E-state index in [-0.39, 0.29) is 18.2 Å². The molecule has 8 nitrogen and oxygen atoms in total. The molecule has 4 unspecified atom stereocenters. The minimum atomic E-state index is -0.815. The molecular weight excluding hydrogens is 418 g/mol. The van der Waals surface area contributed by atoms with Crippen LogP contribution in [0, 0.1) is 25.7 Å². The molecule has 0 aromatic heterocycles. The molecular formula is C22H24ClN5O3. The van der Waals surface area contributed by atoms with E-state index in [9.17, 15) is 14.4 Å². The summed E-state index contributed by atoms with van der Waals surface area (Å²) in [6, 6.07) is 12.9. The predicted molar refractivity (Wildman–Crippen MR) is 118 cm³/mol. The number of amides is 3. The molecule has 2 aromatic rings. The summed E-state index contributed by atoms with van der Waals surface area (Å²) in [6.07, 6.45) is -1.33. The summed E-state index contributed by atoms with van der Waals surface area (Å²) < 4.78 is 0. The zero-order valence-electron chi connectivity index (χ0n) is 17.2. The van der Waals surface area contributed by atoms with Gasteiger partial charge in [-0.25, -0.2) is 0 Å². The minimum Gasteiger partial charge on any atom is -0.353 e. The third kappa shape index (κ3) is 4.65. The number of anilines is 2. The summed E-state index contributed by atoms with van der Waals surface area (Å²) in [4.78, 5) is 38.3. The number of aryl methyl sites for hydroxylation is 2. The Labute approximate surface area is 185 Å². The van der Waals surface area contributed by atoms with Crippen molar-refractivity contribution >= 4 is 40.7 Å². The summed E-state index contributed by atoms with van der Waals surface area (Å²) in [6.45, 7) is 3.83. The molecule has 2 saturated heterocycles. The lowest BCUT2D eigenvalue weighted by molar-refractivity contribution is -0.144. The van der Waals surface area contributed by atoms with Gasteiger partial charge in [-0.05, 0) is 43.7 Å². The Bertz CT molecular complexity index is 1030. The first-order valence-electron chi connectivity index (χ1n) is 10.1. The van der Waals surface area contributed by atoms with Crippen molar-refractivity contribution in [3.05, 3.63) is 58.6 Å². The van der Waals surface area contributed by atoms with Gasteiger partial charge in [0, 0.05) is 22.8 Å². The van der Waals surface area contributed by atoms with Crippen molar-refractivity contribution < 1.29 is 14.4 Å². The SMILES string of the molecule is Cc1ccc(NC2NC(=O)C3C(NC(=O)CC3C(=O)Nc3cc(Cl)ccc3C)N2)cc1. The molecule has 4 atom stereocenters. The topological polar surface area (TPSA) is 111 Å². The number of carbonyl (C=O) groups excluding carboxylic acids is 3. The van der Waals surface area contributed by atoms with Crippen LogP contribution >= 0.6 is 11.6 Å². The Morgan fingerprint density at radius 1 is 1.06 bits per heavy atom. The average molecular weight is 442 g/mol. The summed E-state index contributed by atoms with van der Waals surface area (Å²) in [5.41, 5.74) is 3.33. The number of piperidine rings is 1. The van der Waals surface area contributed by atoms with Crippen molar-refractivity contribution in [3.63, 3.8) is 0 Å². The van der Waals surface area contributed by atoms with Gasteiger partial charge < -0.3 is 21.3 Å². The normalized spacial score (nSPS) is 25.1. The second-order valence-electron chi connectivity index (χ2n) is 7.95. The summed E-state index contributed by atoms with van der Waals surface area (Å²) in [5.74, 6) is -2.55. The molecule has 31 heavy (non-hydrogen) atoms. The first kappa shape index (κ1) is 21.1. The molecule has 0 aliphatic carbocycles. The number of carbonyl (C=O) groups is 3. The molecule has 2 aliphatic heterocycles. The van der Waals surface area contributed by atoms with Crippen LogP contribution in [0.15, 0.2) is 42.5 Å². The zero-order valence-corrected chi connectivity index (χ0v) is 17.9. The molecule has 0 spiro atoms. The van der Waals surface area contributed by atoms with E-state index in [1.54, 1.807) is 18.2 Å². The van der Waals surface area contributed by atoms with Crippen LogP contribution in [-0.4, -0.2) is 30.2 Å². The molecule has 0 radical (unpaired) electrons. The zero-order chi connectivity index (χ0) is 22.1. The molecule has 0 bridgehead atoms. The summed E-state index contributed by atoms with van der Waals surface area (Å²) >= 11 is 6.04. The third-order valence-corrected chi connectivity index (χ3v) is 5.84. The van der Waals surface area contributed by atoms with Gasteiger partial charge in [0.15, 0.2) is 6.29 Å². The highest BCUT2D eigenvalue weighted by atomic mass is 35.5. The molecule has 4 rings (SSSR count). The minimum absolute atomic E-state index is 0.0717. The molecule has 5 N–H and O–H groups in total. The van der Waals surface area contributed by atoms with Crippen molar-refractivity contribution in [1.82, 2.24) is 16.0 Å². The third-order valence-electron chi connectivity index (χ3n) is 5.61. The Hall–Kier alpha value is -3.10. The van der Waals surface area contributed by atoms with Gasteiger partial charge >= 0.3 is 0 Å². The maximum atomic E-state index is 13.0. The summed E-state index contributed by atoms with van der Waals surface area (Å²) in [7, 11) is 0. The lowest BCUT2D eigenvalue weighted by Gasteiger charge is -2.43. The second kappa shape index (κ2) is 8.56. The van der Waals surface area contributed by atoms with E-state index in [0.29, 0.717) is 10.7 Å². The van der Waals surface area contributed by atoms with Crippen molar-refractivity contribution in [2.45, 2.75) is 32.7 Å². The van der Waals surface area contributed by atoms with E-state index >= 15 is 0 Å². The van der Waals surface area contributed by atoms with Gasteiger partial charge in [0.25, 0.3) is 0 Å². The number of hydrogen-bond acceptors (Lipinski definition) is 5. The maximum absolute atomic E-state index is 13.0. The molecule has 9 heteroatoms. The van der Waals surface area contributed by atoms with E-state index in [4.69, 9.17) is 11.6 Å². The van der Waals surface area contributed by atoms with Crippen LogP contribution in [0.5, 0.6) is 0 Å². The largest absolute Gasteiger partial charge is 0.353 e. The van der Waals surface area contributed by atoms with Crippen molar-refractivity contribution in [2.75, 3.05) is 10.6 Å². The number of hydrogen-bond donors (Lipinski definition) is 5. The van der Waals surface area contributed by atoms with Crippen molar-refractivity contribution in [1.29, 1.82) is 0 Å². The Morgan fingerprint density at radius 3 is 2.55 bits per heavy atom. The number of benzene rings is 2. The van der Waals surface area contributed by atoms with Crippen molar-refractivity contribution in [2.24, 2.45) is 11.8 Å². The van der Waals surface area contributed by atoms with Gasteiger partial charge in [0.1, 0.15) is 0 Å². The number of rotatable bonds is 4. The van der Waals surface area contributed by atoms with Crippen molar-refractivity contribution in [3.8, 4) is 0 Å². The first-order valence-corrected chi connectivity index (χ1v) is 10.4. The fraction of sp³-hybridized carbons (Fsp3) is 0.318. The maximum Gasteiger partial charge on any atom is 0.229 e. The fourth-order valence-electron chi connectivity index (χ4n) is 3.92. The van der Waals surface area contributed by atoms with Gasteiger partial charge in [-0.3, -0.25) is 19.7 Å². The van der Waals surface area contributed by atoms with E-state index in [1.807, 2.05) is 38.1 Å². The quantitative estimate of drug-likeness (QED) is 0.499. The van der Waals surface area contributed by atoms with Crippen LogP contribution in [-0.2, 0) is 14.4 Å². The highest BCUT2D eigenvalue weighted by Crippen LogP contribution is 2.29. The van der Waals surface area contributed by atoms with Gasteiger partial charge in [-0.15, -0.1) is 0 Å². The number of halogens is 1. The van der Waals surface area contributed by atoms with Crippen LogP contribution < -0.4 is 26.6 Å². The fourth-order valence-corrected chi connectivity index (χ4v) is 4.10. The van der Waals surface area contributed by atoms with E-state index in [2.05, 4.69) is 26.6 Å². The Morgan fingerprint density at radius 2 is 1.81 bits per heavy atom. The molecule has 2 aliphatic rings. The van der Waals surface area contributed by atoms with Crippen LogP contribution in [0.1, 0.15) is 17.5 Å². The van der Waals surface area contributed by atoms with Crippen LogP contribution in [0.4, 0.5) is 11.4 Å². The highest BCUT2D eigenvalue weighted by Gasteiger charge is 2.48. The second-order valence-corrected chi connectivity index (χ2v) is 8.39. The van der Waals surface area contributed by atoms with Crippen LogP contribution in [0.3, 0.4) is 0 Å². The first-order chi connectivity index (χ1) is 14.8. The predicted octanol–water partition coefficient (Wildman–Crippen LogP) is 2.09. The van der Waals surface area contributed by atoms with E-state index < -0.39 is 30.2 Å². The molecule has 2 fully saturated rings. The molecule has 162 valence electrons. The van der Waals surface area contributed by atoms with Gasteiger partial charge in [-0.1, -0.05) is 35.4 Å². The van der Waals surface area contributed by atoms with Gasteiger partial charge in [0.05, 0.1) is 18.0 Å². The Balaban J connectivity index is 1.49. The van der Waals surface area contributed by atoms with Crippen LogP contribution in [0.25, 0.3) is 0 Å². The number of fused-ring (bicyclic) bond motifs is 1. The highest BCUT2D eigenvalue weighted by molar-refractivity contribution is 6.31. The standard InChI is InChI=1S/C22H24ClN5O3/c1-11-3-7-14(8-4-11)24-22-27-19-18(21(31)28-22)15(10-17(29)26-19)20(30)25-16-9-13(23)6-5-12(16)2/h3-9,15,18-19,22,24,27H,10H2,1-2H3,(H,25,30)(H,26,29)(H,28,31). The lowest BCUT2D eigenvalue weighted by Crippen LogP contribution is -2.72. The van der Waals surface area contributed by atoms with Crippen LogP contribution in [0.2, 0.25) is 5.02 Å². The molecule has 3 amide bonds. The van der Waals surface area contributed by atoms with E-state index in [1.165, 1.54) is 0 Å². The number of nitrogens with one attached hydrogen (secondary N) is 5.